The van der Waals surface area contributed by atoms with E-state index in [2.05, 4.69) is 29.0 Å². The molecule has 1 atom stereocenters. The smallest absolute Gasteiger partial charge is 0.198 e. The minimum Gasteiger partial charge on any atom is -0.279 e. The average molecular weight is 253 g/mol. The van der Waals surface area contributed by atoms with Gasteiger partial charge in [0.15, 0.2) is 10.8 Å². The molecule has 2 aromatic heterocycles. The van der Waals surface area contributed by atoms with Gasteiger partial charge in [-0.25, -0.2) is 4.98 Å². The van der Waals surface area contributed by atoms with Crippen molar-refractivity contribution >= 4 is 17.2 Å². The monoisotopic (exact) mass is 252 g/mol. The molecule has 2 rings (SSSR count). The van der Waals surface area contributed by atoms with Crippen LogP contribution in [0.15, 0.2) is 0 Å². The molecule has 1 unspecified atom stereocenters. The lowest BCUT2D eigenvalue weighted by atomic mass is 10.1. The van der Waals surface area contributed by atoms with Crippen LogP contribution in [0.2, 0.25) is 5.15 Å². The molecule has 4 nitrogen and oxygen atoms in total. The number of fused-ring (bicyclic) bond motifs is 1. The minimum atomic E-state index is 0.381. The fraction of sp³-hybridized carbons (Fsp3) is 0.583. The van der Waals surface area contributed by atoms with E-state index in [-0.39, 0.29) is 0 Å². The highest BCUT2D eigenvalue weighted by Gasteiger charge is 2.17. The molecule has 17 heavy (non-hydrogen) atoms. The van der Waals surface area contributed by atoms with E-state index in [1.54, 1.807) is 0 Å². The van der Waals surface area contributed by atoms with Crippen LogP contribution in [0.5, 0.6) is 0 Å². The van der Waals surface area contributed by atoms with Crippen LogP contribution in [0.3, 0.4) is 0 Å². The van der Waals surface area contributed by atoms with Crippen molar-refractivity contribution in [2.24, 2.45) is 0 Å². The summed E-state index contributed by atoms with van der Waals surface area (Å²) < 4.78 is 2.03. The van der Waals surface area contributed by atoms with Gasteiger partial charge in [-0.3, -0.25) is 4.40 Å². The molecule has 0 aliphatic carbocycles. The number of nitrogens with zero attached hydrogens (tertiary/aromatic N) is 4. The molecule has 0 saturated carbocycles. The van der Waals surface area contributed by atoms with Gasteiger partial charge in [0, 0.05) is 11.6 Å². The van der Waals surface area contributed by atoms with Gasteiger partial charge >= 0.3 is 0 Å². The van der Waals surface area contributed by atoms with Crippen molar-refractivity contribution in [2.75, 3.05) is 0 Å². The van der Waals surface area contributed by atoms with E-state index >= 15 is 0 Å². The van der Waals surface area contributed by atoms with Gasteiger partial charge in [0.1, 0.15) is 5.82 Å². The summed E-state index contributed by atoms with van der Waals surface area (Å²) in [7, 11) is 0. The maximum absolute atomic E-state index is 6.09. The number of rotatable bonds is 3. The molecule has 0 N–H and O–H groups in total. The second-order valence-corrected chi connectivity index (χ2v) is 4.84. The molecule has 92 valence electrons. The van der Waals surface area contributed by atoms with Crippen LogP contribution in [0.4, 0.5) is 0 Å². The molecule has 0 fully saturated rings. The molecule has 0 aliphatic heterocycles. The Morgan fingerprint density at radius 1 is 1.29 bits per heavy atom. The van der Waals surface area contributed by atoms with Crippen molar-refractivity contribution < 1.29 is 0 Å². The lowest BCUT2D eigenvalue weighted by Gasteiger charge is -2.11. The third-order valence-corrected chi connectivity index (χ3v) is 3.41. The maximum atomic E-state index is 6.09. The summed E-state index contributed by atoms with van der Waals surface area (Å²) in [5, 5.41) is 8.83. The van der Waals surface area contributed by atoms with Crippen LogP contribution in [0, 0.1) is 13.8 Å². The minimum absolute atomic E-state index is 0.381. The normalized spacial score (nSPS) is 13.2. The van der Waals surface area contributed by atoms with E-state index in [4.69, 9.17) is 11.6 Å². The zero-order valence-corrected chi connectivity index (χ0v) is 11.4. The lowest BCUT2D eigenvalue weighted by molar-refractivity contribution is 0.617. The van der Waals surface area contributed by atoms with E-state index in [1.165, 1.54) is 0 Å². The van der Waals surface area contributed by atoms with Crippen molar-refractivity contribution in [3.63, 3.8) is 0 Å². The molecule has 0 bridgehead atoms. The molecule has 2 aromatic rings. The highest BCUT2D eigenvalue weighted by atomic mass is 35.5. The molecular formula is C12H17ClN4. The first-order valence-electron chi connectivity index (χ1n) is 5.94. The van der Waals surface area contributed by atoms with E-state index in [0.717, 1.165) is 30.1 Å². The largest absolute Gasteiger partial charge is 0.279 e. The SMILES string of the molecule is CCCC(C)c1nnc2c(Cl)nc(C)c(C)n12. The average Bonchev–Trinajstić information content (AvgIpc) is 2.71. The van der Waals surface area contributed by atoms with Crippen molar-refractivity contribution in [2.45, 2.75) is 46.5 Å². The van der Waals surface area contributed by atoms with Crippen molar-refractivity contribution in [1.82, 2.24) is 19.6 Å². The van der Waals surface area contributed by atoms with Crippen LogP contribution in [0.1, 0.15) is 49.8 Å². The van der Waals surface area contributed by atoms with Crippen LogP contribution in [-0.4, -0.2) is 19.6 Å². The zero-order valence-electron chi connectivity index (χ0n) is 10.7. The first-order chi connectivity index (χ1) is 8.06. The Balaban J connectivity index is 2.66. The Kier molecular flexibility index (Phi) is 3.33. The number of halogens is 1. The molecule has 0 spiro atoms. The topological polar surface area (TPSA) is 43.1 Å². The molecule has 0 amide bonds. The summed E-state index contributed by atoms with van der Waals surface area (Å²) in [6.45, 7) is 8.32. The molecule has 0 aromatic carbocycles. The van der Waals surface area contributed by atoms with Crippen molar-refractivity contribution in [1.29, 1.82) is 0 Å². The van der Waals surface area contributed by atoms with E-state index in [1.807, 2.05) is 18.2 Å². The van der Waals surface area contributed by atoms with Crippen LogP contribution >= 0.6 is 11.6 Å². The third-order valence-electron chi connectivity index (χ3n) is 3.16. The van der Waals surface area contributed by atoms with Crippen LogP contribution in [0.25, 0.3) is 5.65 Å². The van der Waals surface area contributed by atoms with Crippen LogP contribution in [-0.2, 0) is 0 Å². The van der Waals surface area contributed by atoms with Crippen molar-refractivity contribution in [3.8, 4) is 0 Å². The van der Waals surface area contributed by atoms with Gasteiger partial charge < -0.3 is 0 Å². The second kappa shape index (κ2) is 4.61. The standard InChI is InChI=1S/C12H17ClN4/c1-5-6-7(2)11-15-16-12-10(13)14-8(3)9(4)17(11)12/h7H,5-6H2,1-4H3. The Labute approximate surface area is 106 Å². The quantitative estimate of drug-likeness (QED) is 0.842. The van der Waals surface area contributed by atoms with Gasteiger partial charge in [-0.1, -0.05) is 31.9 Å². The van der Waals surface area contributed by atoms with Gasteiger partial charge in [-0.15, -0.1) is 10.2 Å². The Morgan fingerprint density at radius 3 is 2.65 bits per heavy atom. The zero-order chi connectivity index (χ0) is 12.6. The number of hydrogen-bond acceptors (Lipinski definition) is 3. The van der Waals surface area contributed by atoms with E-state index in [9.17, 15) is 0 Å². The van der Waals surface area contributed by atoms with E-state index < -0.39 is 0 Å². The van der Waals surface area contributed by atoms with Gasteiger partial charge in [0.05, 0.1) is 5.69 Å². The molecule has 0 radical (unpaired) electrons. The van der Waals surface area contributed by atoms with E-state index in [0.29, 0.717) is 16.7 Å². The fourth-order valence-electron chi connectivity index (χ4n) is 2.08. The predicted molar refractivity (Wildman–Crippen MR) is 68.6 cm³/mol. The van der Waals surface area contributed by atoms with Crippen molar-refractivity contribution in [3.05, 3.63) is 22.4 Å². The molecule has 0 aliphatic rings. The number of aryl methyl sites for hydroxylation is 2. The fourth-order valence-corrected chi connectivity index (χ4v) is 2.33. The lowest BCUT2D eigenvalue weighted by Crippen LogP contribution is -2.06. The summed E-state index contributed by atoms with van der Waals surface area (Å²) in [5.41, 5.74) is 2.65. The highest BCUT2D eigenvalue weighted by Crippen LogP contribution is 2.24. The first kappa shape index (κ1) is 12.3. The van der Waals surface area contributed by atoms with Gasteiger partial charge in [0.25, 0.3) is 0 Å². The summed E-state index contributed by atoms with van der Waals surface area (Å²) in [6, 6.07) is 0. The Bertz CT molecular complexity index is 547. The summed E-state index contributed by atoms with van der Waals surface area (Å²) >= 11 is 6.09. The summed E-state index contributed by atoms with van der Waals surface area (Å²) in [6.07, 6.45) is 2.23. The van der Waals surface area contributed by atoms with Gasteiger partial charge in [-0.05, 0) is 20.3 Å². The van der Waals surface area contributed by atoms with Gasteiger partial charge in [-0.2, -0.15) is 0 Å². The molecular weight excluding hydrogens is 236 g/mol. The maximum Gasteiger partial charge on any atom is 0.198 e. The predicted octanol–water partition coefficient (Wildman–Crippen LogP) is 3.30. The second-order valence-electron chi connectivity index (χ2n) is 4.48. The molecule has 5 heteroatoms. The van der Waals surface area contributed by atoms with Gasteiger partial charge in [0.2, 0.25) is 0 Å². The Hall–Kier alpha value is -1.16. The van der Waals surface area contributed by atoms with Crippen LogP contribution < -0.4 is 0 Å². The molecule has 2 heterocycles. The first-order valence-corrected chi connectivity index (χ1v) is 6.31. The number of aromatic nitrogens is 4. The summed E-state index contributed by atoms with van der Waals surface area (Å²) in [4.78, 5) is 4.26. The number of hydrogen-bond donors (Lipinski definition) is 0. The molecule has 0 saturated heterocycles. The Morgan fingerprint density at radius 2 is 2.00 bits per heavy atom. The third kappa shape index (κ3) is 2.02. The summed E-state index contributed by atoms with van der Waals surface area (Å²) in [5.74, 6) is 1.36. The highest BCUT2D eigenvalue weighted by molar-refractivity contribution is 6.32.